The highest BCUT2D eigenvalue weighted by Crippen LogP contribution is 2.41. The number of hydrogen-bond donors (Lipinski definition) is 2. The molecule has 2 aliphatic rings. The zero-order chi connectivity index (χ0) is 31.1. The van der Waals surface area contributed by atoms with Crippen LogP contribution in [0.3, 0.4) is 0 Å². The highest BCUT2D eigenvalue weighted by atomic mass is 16.6. The summed E-state index contributed by atoms with van der Waals surface area (Å²) in [4.78, 5) is 0. The van der Waals surface area contributed by atoms with Gasteiger partial charge in [-0.25, -0.2) is 0 Å². The van der Waals surface area contributed by atoms with Crippen LogP contribution in [0.25, 0.3) is 0 Å². The molecule has 0 bridgehead atoms. The van der Waals surface area contributed by atoms with Gasteiger partial charge >= 0.3 is 0 Å². The van der Waals surface area contributed by atoms with Gasteiger partial charge in [-0.15, -0.1) is 0 Å². The van der Waals surface area contributed by atoms with Gasteiger partial charge in [-0.1, -0.05) is 110 Å². The third-order valence-electron chi connectivity index (χ3n) is 9.51. The number of unbranched alkanes of at least 4 members (excludes halogenated alkanes) is 11. The highest BCUT2D eigenvalue weighted by Gasteiger charge is 2.30. The van der Waals surface area contributed by atoms with Crippen molar-refractivity contribution >= 4 is 0 Å². The summed E-state index contributed by atoms with van der Waals surface area (Å²) in [7, 11) is 0. The predicted molar refractivity (Wildman–Crippen MR) is 180 cm³/mol. The summed E-state index contributed by atoms with van der Waals surface area (Å²) in [5, 5.41) is 18.1. The van der Waals surface area contributed by atoms with E-state index in [4.69, 9.17) is 24.1 Å². The molecule has 0 saturated heterocycles. The number of rotatable bonds is 27. The molecule has 0 atom stereocenters. The Kier molecular flexibility index (Phi) is 30.1. The molecule has 258 valence electrons. The van der Waals surface area contributed by atoms with Crippen molar-refractivity contribution in [3.05, 3.63) is 0 Å². The average Bonchev–Trinajstić information content (AvgIpc) is 3.03. The molecule has 2 rings (SSSR count). The lowest BCUT2D eigenvalue weighted by Crippen LogP contribution is -2.27. The maximum atomic E-state index is 9.59. The van der Waals surface area contributed by atoms with Crippen LogP contribution in [0.4, 0.5) is 0 Å². The monoisotopic (exact) mass is 615 g/mol. The van der Waals surface area contributed by atoms with Crippen molar-refractivity contribution in [2.45, 2.75) is 161 Å². The second-order valence-electron chi connectivity index (χ2n) is 13.2. The summed E-state index contributed by atoms with van der Waals surface area (Å²) in [6.07, 6.45) is 30.0. The van der Waals surface area contributed by atoms with E-state index >= 15 is 0 Å². The Labute approximate surface area is 267 Å². The molecule has 0 radical (unpaired) electrons. The van der Waals surface area contributed by atoms with Gasteiger partial charge in [0.15, 0.2) is 0 Å². The number of aliphatic hydroxyl groups excluding tert-OH is 2. The first-order chi connectivity index (χ1) is 21.2. The van der Waals surface area contributed by atoms with Crippen molar-refractivity contribution in [1.29, 1.82) is 0 Å². The summed E-state index contributed by atoms with van der Waals surface area (Å²) in [5.41, 5.74) is 0. The smallest absolute Gasteiger partial charge is 0.0701 e. The van der Waals surface area contributed by atoms with E-state index in [1.54, 1.807) is 0 Å². The van der Waals surface area contributed by atoms with Crippen LogP contribution in [0, 0.1) is 17.8 Å². The largest absolute Gasteiger partial charge is 0.394 e. The average molecular weight is 615 g/mol. The molecular weight excluding hydrogens is 540 g/mol. The first-order valence-electron chi connectivity index (χ1n) is 18.8. The Balaban J connectivity index is 0.000000450. The van der Waals surface area contributed by atoms with Crippen LogP contribution in [-0.4, -0.2) is 75.8 Å². The van der Waals surface area contributed by atoms with Crippen LogP contribution in [0.5, 0.6) is 0 Å². The Morgan fingerprint density at radius 2 is 0.837 bits per heavy atom. The van der Waals surface area contributed by atoms with E-state index in [2.05, 4.69) is 13.8 Å². The van der Waals surface area contributed by atoms with Crippen molar-refractivity contribution in [2.24, 2.45) is 17.8 Å². The van der Waals surface area contributed by atoms with Crippen LogP contribution in [0.1, 0.15) is 155 Å². The molecule has 2 N–H and O–H groups in total. The van der Waals surface area contributed by atoms with Crippen LogP contribution in [0.15, 0.2) is 0 Å². The SMILES string of the molecule is CCCCCC1CCC(C2CCC(O)CC2)CC1.CCCCCCCCCCCCOCCOCCOCCOCCO. The highest BCUT2D eigenvalue weighted by molar-refractivity contribution is 4.81. The molecule has 2 fully saturated rings. The minimum Gasteiger partial charge on any atom is -0.394 e. The fourth-order valence-corrected chi connectivity index (χ4v) is 6.72. The molecule has 0 heterocycles. The summed E-state index contributed by atoms with van der Waals surface area (Å²) in [6.45, 7) is 9.34. The van der Waals surface area contributed by atoms with Crippen molar-refractivity contribution in [2.75, 3.05) is 59.5 Å². The molecule has 0 spiro atoms. The van der Waals surface area contributed by atoms with E-state index in [-0.39, 0.29) is 12.7 Å². The normalized spacial score (nSPS) is 22.3. The van der Waals surface area contributed by atoms with Crippen molar-refractivity contribution < 1.29 is 29.2 Å². The zero-order valence-corrected chi connectivity index (χ0v) is 28.8. The van der Waals surface area contributed by atoms with Crippen molar-refractivity contribution in [3.8, 4) is 0 Å². The molecule has 0 aromatic rings. The molecule has 2 saturated carbocycles. The first-order valence-corrected chi connectivity index (χ1v) is 18.8. The van der Waals surface area contributed by atoms with Crippen LogP contribution in [-0.2, 0) is 18.9 Å². The molecule has 6 heteroatoms. The van der Waals surface area contributed by atoms with Gasteiger partial charge in [0.05, 0.1) is 59.0 Å². The Bertz CT molecular complexity index is 509. The number of hydrogen-bond acceptors (Lipinski definition) is 6. The van der Waals surface area contributed by atoms with Gasteiger partial charge in [0.1, 0.15) is 0 Å². The van der Waals surface area contributed by atoms with Gasteiger partial charge < -0.3 is 29.2 Å². The minimum absolute atomic E-state index is 0.0200. The lowest BCUT2D eigenvalue weighted by molar-refractivity contribution is -0.00577. The molecule has 0 unspecified atom stereocenters. The Morgan fingerprint density at radius 3 is 1.33 bits per heavy atom. The fraction of sp³-hybridized carbons (Fsp3) is 1.00. The second-order valence-corrected chi connectivity index (χ2v) is 13.2. The molecule has 6 nitrogen and oxygen atoms in total. The summed E-state index contributed by atoms with van der Waals surface area (Å²) >= 11 is 0. The minimum atomic E-state index is 0.0200. The standard InChI is InChI=1S/C20H42O5.C17H32O/c1-2-3-4-5-6-7-8-9-10-11-13-22-15-17-24-19-20-25-18-16-23-14-12-21;1-2-3-4-5-14-6-8-15(9-7-14)16-10-12-17(18)13-11-16/h21H,2-20H2,1H3;14-18H,2-13H2,1H3. The van der Waals surface area contributed by atoms with E-state index in [1.165, 1.54) is 122 Å². The van der Waals surface area contributed by atoms with Gasteiger partial charge in [0.2, 0.25) is 0 Å². The first kappa shape index (κ1) is 40.8. The Hall–Kier alpha value is -0.240. The van der Waals surface area contributed by atoms with Crippen molar-refractivity contribution in [3.63, 3.8) is 0 Å². The van der Waals surface area contributed by atoms with Gasteiger partial charge in [-0.05, 0) is 62.7 Å². The van der Waals surface area contributed by atoms with Gasteiger partial charge in [0, 0.05) is 6.61 Å². The quantitative estimate of drug-likeness (QED) is 0.0900. The molecule has 0 aromatic heterocycles. The van der Waals surface area contributed by atoms with E-state index in [9.17, 15) is 5.11 Å². The van der Waals surface area contributed by atoms with E-state index < -0.39 is 0 Å². The molecule has 43 heavy (non-hydrogen) atoms. The molecule has 0 aliphatic heterocycles. The third-order valence-corrected chi connectivity index (χ3v) is 9.51. The predicted octanol–water partition coefficient (Wildman–Crippen LogP) is 8.89. The van der Waals surface area contributed by atoms with Crippen molar-refractivity contribution in [1.82, 2.24) is 0 Å². The van der Waals surface area contributed by atoms with E-state index in [1.807, 2.05) is 0 Å². The molecule has 2 aliphatic carbocycles. The molecular formula is C37H74O6. The summed E-state index contributed by atoms with van der Waals surface area (Å²) in [6, 6.07) is 0. The third kappa shape index (κ3) is 25.6. The lowest BCUT2D eigenvalue weighted by Gasteiger charge is -2.37. The molecule has 0 amide bonds. The maximum Gasteiger partial charge on any atom is 0.0701 e. The van der Waals surface area contributed by atoms with Gasteiger partial charge in [-0.3, -0.25) is 0 Å². The van der Waals surface area contributed by atoms with E-state index in [0.29, 0.717) is 46.2 Å². The van der Waals surface area contributed by atoms with Gasteiger partial charge in [-0.2, -0.15) is 0 Å². The lowest BCUT2D eigenvalue weighted by atomic mass is 9.70. The van der Waals surface area contributed by atoms with Gasteiger partial charge in [0.25, 0.3) is 0 Å². The Morgan fingerprint density at radius 1 is 0.442 bits per heavy atom. The second kappa shape index (κ2) is 31.7. The number of aliphatic hydroxyl groups is 2. The fourth-order valence-electron chi connectivity index (χ4n) is 6.72. The van der Waals surface area contributed by atoms with Crippen LogP contribution < -0.4 is 0 Å². The topological polar surface area (TPSA) is 77.4 Å². The van der Waals surface area contributed by atoms with Crippen LogP contribution >= 0.6 is 0 Å². The summed E-state index contributed by atoms with van der Waals surface area (Å²) in [5.74, 6) is 2.99. The van der Waals surface area contributed by atoms with E-state index in [0.717, 1.165) is 43.6 Å². The van der Waals surface area contributed by atoms with Crippen LogP contribution in [0.2, 0.25) is 0 Å². The maximum absolute atomic E-state index is 9.59. The summed E-state index contributed by atoms with van der Waals surface area (Å²) < 4.78 is 21.4. The number of ether oxygens (including phenoxy) is 4. The zero-order valence-electron chi connectivity index (χ0n) is 28.8. The molecule has 0 aromatic carbocycles.